The van der Waals surface area contributed by atoms with E-state index >= 15 is 0 Å². The standard InChI is InChI=1S/C10H15N3/c1-7(2)9-4-8(5-11)10(12-3)13-6-9/h4-7,11H,1-3H3,(H,12,13). The molecule has 1 rings (SSSR count). The molecular weight excluding hydrogens is 162 g/mol. The van der Waals surface area contributed by atoms with Crippen molar-refractivity contribution in [2.75, 3.05) is 12.4 Å². The van der Waals surface area contributed by atoms with Crippen LogP contribution in [-0.4, -0.2) is 18.2 Å². The second kappa shape index (κ2) is 4.03. The van der Waals surface area contributed by atoms with E-state index < -0.39 is 0 Å². The molecule has 0 aromatic carbocycles. The van der Waals surface area contributed by atoms with Gasteiger partial charge < -0.3 is 10.7 Å². The van der Waals surface area contributed by atoms with E-state index in [-0.39, 0.29) is 0 Å². The molecule has 13 heavy (non-hydrogen) atoms. The molecule has 0 amide bonds. The molecule has 0 bridgehead atoms. The zero-order valence-electron chi connectivity index (χ0n) is 8.26. The van der Waals surface area contributed by atoms with E-state index in [1.54, 1.807) is 0 Å². The summed E-state index contributed by atoms with van der Waals surface area (Å²) in [5, 5.41) is 10.2. The van der Waals surface area contributed by atoms with Gasteiger partial charge in [-0.15, -0.1) is 0 Å². The summed E-state index contributed by atoms with van der Waals surface area (Å²) in [4.78, 5) is 4.23. The molecule has 0 fully saturated rings. The van der Waals surface area contributed by atoms with Crippen molar-refractivity contribution in [3.63, 3.8) is 0 Å². The average Bonchev–Trinajstić information content (AvgIpc) is 2.16. The second-order valence-corrected chi connectivity index (χ2v) is 3.26. The zero-order chi connectivity index (χ0) is 9.84. The van der Waals surface area contributed by atoms with Gasteiger partial charge in [0.05, 0.1) is 0 Å². The summed E-state index contributed by atoms with van der Waals surface area (Å²) in [5.41, 5.74) is 2.01. The molecule has 0 saturated heterocycles. The van der Waals surface area contributed by atoms with Gasteiger partial charge in [0.1, 0.15) is 5.82 Å². The quantitative estimate of drug-likeness (QED) is 0.696. The van der Waals surface area contributed by atoms with Crippen LogP contribution in [0.5, 0.6) is 0 Å². The van der Waals surface area contributed by atoms with E-state index in [1.807, 2.05) is 19.3 Å². The molecular formula is C10H15N3. The first-order valence-electron chi connectivity index (χ1n) is 4.37. The van der Waals surface area contributed by atoms with Gasteiger partial charge in [-0.05, 0) is 17.5 Å². The van der Waals surface area contributed by atoms with E-state index in [1.165, 1.54) is 6.21 Å². The van der Waals surface area contributed by atoms with E-state index in [4.69, 9.17) is 5.41 Å². The number of anilines is 1. The molecule has 3 nitrogen and oxygen atoms in total. The molecule has 0 aliphatic rings. The molecule has 3 heteroatoms. The van der Waals surface area contributed by atoms with Crippen LogP contribution in [0.25, 0.3) is 0 Å². The van der Waals surface area contributed by atoms with Crippen molar-refractivity contribution in [1.29, 1.82) is 5.41 Å². The maximum Gasteiger partial charge on any atom is 0.134 e. The minimum atomic E-state index is 0.456. The van der Waals surface area contributed by atoms with E-state index in [0.717, 1.165) is 16.9 Å². The Labute approximate surface area is 78.7 Å². The van der Waals surface area contributed by atoms with Crippen LogP contribution in [0.15, 0.2) is 12.3 Å². The minimum absolute atomic E-state index is 0.456. The fourth-order valence-electron chi connectivity index (χ4n) is 1.13. The number of nitrogens with zero attached hydrogens (tertiary/aromatic N) is 1. The Balaban J connectivity index is 3.13. The Kier molecular flexibility index (Phi) is 3.01. The molecule has 0 aliphatic carbocycles. The normalized spacial score (nSPS) is 10.2. The first kappa shape index (κ1) is 9.71. The third-order valence-corrected chi connectivity index (χ3v) is 2.00. The maximum atomic E-state index is 7.22. The van der Waals surface area contributed by atoms with Crippen molar-refractivity contribution in [1.82, 2.24) is 4.98 Å². The molecule has 0 saturated carbocycles. The Morgan fingerprint density at radius 2 is 2.23 bits per heavy atom. The van der Waals surface area contributed by atoms with Gasteiger partial charge in [0.25, 0.3) is 0 Å². The third-order valence-electron chi connectivity index (χ3n) is 2.00. The Morgan fingerprint density at radius 3 is 2.69 bits per heavy atom. The van der Waals surface area contributed by atoms with Gasteiger partial charge in [-0.1, -0.05) is 13.8 Å². The van der Waals surface area contributed by atoms with Gasteiger partial charge >= 0.3 is 0 Å². The fraction of sp³-hybridized carbons (Fsp3) is 0.400. The van der Waals surface area contributed by atoms with Crippen molar-refractivity contribution in [2.24, 2.45) is 0 Å². The SMILES string of the molecule is CNc1ncc(C(C)C)cc1C=N. The molecule has 0 unspecified atom stereocenters. The van der Waals surface area contributed by atoms with Crippen molar-refractivity contribution in [3.8, 4) is 0 Å². The molecule has 0 aliphatic heterocycles. The van der Waals surface area contributed by atoms with Crippen LogP contribution in [-0.2, 0) is 0 Å². The molecule has 0 atom stereocenters. The smallest absolute Gasteiger partial charge is 0.134 e. The highest BCUT2D eigenvalue weighted by molar-refractivity contribution is 5.84. The van der Waals surface area contributed by atoms with Crippen molar-refractivity contribution >= 4 is 12.0 Å². The summed E-state index contributed by atoms with van der Waals surface area (Å²) in [6.45, 7) is 4.23. The molecule has 70 valence electrons. The van der Waals surface area contributed by atoms with Crippen molar-refractivity contribution < 1.29 is 0 Å². The largest absolute Gasteiger partial charge is 0.373 e. The number of nitrogens with one attached hydrogen (secondary N) is 2. The molecule has 1 heterocycles. The molecule has 2 N–H and O–H groups in total. The fourth-order valence-corrected chi connectivity index (χ4v) is 1.13. The predicted molar refractivity (Wildman–Crippen MR) is 55.8 cm³/mol. The monoisotopic (exact) mass is 177 g/mol. The minimum Gasteiger partial charge on any atom is -0.373 e. The summed E-state index contributed by atoms with van der Waals surface area (Å²) >= 11 is 0. The molecule has 0 radical (unpaired) electrons. The maximum absolute atomic E-state index is 7.22. The van der Waals surface area contributed by atoms with Crippen molar-refractivity contribution in [3.05, 3.63) is 23.4 Å². The Bertz CT molecular complexity index is 305. The summed E-state index contributed by atoms with van der Waals surface area (Å²) in [7, 11) is 1.81. The van der Waals surface area contributed by atoms with Gasteiger partial charge in [0, 0.05) is 25.0 Å². The van der Waals surface area contributed by atoms with Crippen molar-refractivity contribution in [2.45, 2.75) is 19.8 Å². The van der Waals surface area contributed by atoms with Gasteiger partial charge in [-0.3, -0.25) is 0 Å². The van der Waals surface area contributed by atoms with Crippen LogP contribution in [0.3, 0.4) is 0 Å². The van der Waals surface area contributed by atoms with Gasteiger partial charge in [0.15, 0.2) is 0 Å². The summed E-state index contributed by atoms with van der Waals surface area (Å²) in [6.07, 6.45) is 3.17. The number of hydrogen-bond acceptors (Lipinski definition) is 3. The highest BCUT2D eigenvalue weighted by Crippen LogP contribution is 2.17. The number of aromatic nitrogens is 1. The number of hydrogen-bond donors (Lipinski definition) is 2. The van der Waals surface area contributed by atoms with Gasteiger partial charge in [0.2, 0.25) is 0 Å². The van der Waals surface area contributed by atoms with Crippen LogP contribution >= 0.6 is 0 Å². The topological polar surface area (TPSA) is 48.8 Å². The summed E-state index contributed by atoms with van der Waals surface area (Å²) in [6, 6.07) is 2.00. The van der Waals surface area contributed by atoms with Gasteiger partial charge in [-0.25, -0.2) is 4.98 Å². The van der Waals surface area contributed by atoms with E-state index in [9.17, 15) is 0 Å². The van der Waals surface area contributed by atoms with Crippen LogP contribution in [0, 0.1) is 5.41 Å². The Hall–Kier alpha value is -1.38. The van der Waals surface area contributed by atoms with Crippen LogP contribution in [0.1, 0.15) is 30.9 Å². The first-order valence-corrected chi connectivity index (χ1v) is 4.37. The van der Waals surface area contributed by atoms with Crippen LogP contribution in [0.2, 0.25) is 0 Å². The van der Waals surface area contributed by atoms with E-state index in [0.29, 0.717) is 5.92 Å². The summed E-state index contributed by atoms with van der Waals surface area (Å²) < 4.78 is 0. The second-order valence-electron chi connectivity index (χ2n) is 3.26. The molecule has 1 aromatic rings. The molecule has 1 aromatic heterocycles. The van der Waals surface area contributed by atoms with E-state index in [2.05, 4.69) is 24.1 Å². The third kappa shape index (κ3) is 2.05. The average molecular weight is 177 g/mol. The number of rotatable bonds is 3. The highest BCUT2D eigenvalue weighted by atomic mass is 15.0. The lowest BCUT2D eigenvalue weighted by Crippen LogP contribution is -2.00. The van der Waals surface area contributed by atoms with Gasteiger partial charge in [-0.2, -0.15) is 0 Å². The Morgan fingerprint density at radius 1 is 1.54 bits per heavy atom. The van der Waals surface area contributed by atoms with Crippen LogP contribution < -0.4 is 5.32 Å². The highest BCUT2D eigenvalue weighted by Gasteiger charge is 2.04. The molecule has 0 spiro atoms. The lowest BCUT2D eigenvalue weighted by molar-refractivity contribution is 0.858. The lowest BCUT2D eigenvalue weighted by Gasteiger charge is -2.08. The summed E-state index contributed by atoms with van der Waals surface area (Å²) in [5.74, 6) is 1.22. The first-order chi connectivity index (χ1) is 6.19. The zero-order valence-corrected chi connectivity index (χ0v) is 8.26. The lowest BCUT2D eigenvalue weighted by atomic mass is 10.0. The predicted octanol–water partition coefficient (Wildman–Crippen LogP) is 2.24. The van der Waals surface area contributed by atoms with Crippen LogP contribution in [0.4, 0.5) is 5.82 Å². The number of pyridine rings is 1.